The summed E-state index contributed by atoms with van der Waals surface area (Å²) in [4.78, 5) is 9.29. The summed E-state index contributed by atoms with van der Waals surface area (Å²) in [5.41, 5.74) is 2.05. The van der Waals surface area contributed by atoms with Crippen LogP contribution in [0.3, 0.4) is 0 Å². The minimum Gasteiger partial charge on any atom is -0.308 e. The molecule has 5 heteroatoms. The van der Waals surface area contributed by atoms with Crippen molar-refractivity contribution in [1.82, 2.24) is 15.3 Å². The van der Waals surface area contributed by atoms with E-state index >= 15 is 0 Å². The number of rotatable bonds is 4. The SMILES string of the molecule is CC(C)NCc1nc(-c2nc3ccccc3s2)cs1. The lowest BCUT2D eigenvalue weighted by molar-refractivity contribution is 0.587. The number of para-hydroxylation sites is 1. The fourth-order valence-electron chi connectivity index (χ4n) is 1.76. The van der Waals surface area contributed by atoms with Crippen molar-refractivity contribution in [3.8, 4) is 10.7 Å². The summed E-state index contributed by atoms with van der Waals surface area (Å²) < 4.78 is 1.22. The number of benzene rings is 1. The van der Waals surface area contributed by atoms with E-state index in [1.165, 1.54) is 4.70 Å². The van der Waals surface area contributed by atoms with Crippen LogP contribution in [0.4, 0.5) is 0 Å². The fourth-order valence-corrected chi connectivity index (χ4v) is 3.49. The molecule has 0 saturated carbocycles. The van der Waals surface area contributed by atoms with Crippen LogP contribution in [0.2, 0.25) is 0 Å². The third kappa shape index (κ3) is 2.83. The number of nitrogens with zero attached hydrogens (tertiary/aromatic N) is 2. The summed E-state index contributed by atoms with van der Waals surface area (Å²) in [5, 5.41) is 7.60. The molecule has 19 heavy (non-hydrogen) atoms. The molecule has 2 heterocycles. The van der Waals surface area contributed by atoms with Crippen molar-refractivity contribution in [2.75, 3.05) is 0 Å². The van der Waals surface area contributed by atoms with Gasteiger partial charge >= 0.3 is 0 Å². The first kappa shape index (κ1) is 12.7. The van der Waals surface area contributed by atoms with Crippen LogP contribution < -0.4 is 5.32 Å². The zero-order valence-corrected chi connectivity index (χ0v) is 12.5. The summed E-state index contributed by atoms with van der Waals surface area (Å²) in [5.74, 6) is 0. The molecule has 0 fully saturated rings. The van der Waals surface area contributed by atoms with Gasteiger partial charge in [0.1, 0.15) is 15.7 Å². The van der Waals surface area contributed by atoms with Crippen molar-refractivity contribution in [3.63, 3.8) is 0 Å². The first-order valence-electron chi connectivity index (χ1n) is 6.26. The molecule has 1 N–H and O–H groups in total. The van der Waals surface area contributed by atoms with Crippen molar-refractivity contribution in [2.24, 2.45) is 0 Å². The third-order valence-corrected chi connectivity index (χ3v) is 4.63. The van der Waals surface area contributed by atoms with E-state index in [-0.39, 0.29) is 0 Å². The number of aromatic nitrogens is 2. The monoisotopic (exact) mass is 289 g/mol. The normalized spacial score (nSPS) is 11.5. The van der Waals surface area contributed by atoms with E-state index in [4.69, 9.17) is 0 Å². The second-order valence-electron chi connectivity index (χ2n) is 4.65. The first-order chi connectivity index (χ1) is 9.22. The zero-order chi connectivity index (χ0) is 13.2. The average molecular weight is 289 g/mol. The molecule has 2 aromatic heterocycles. The Morgan fingerprint density at radius 2 is 2.05 bits per heavy atom. The molecular formula is C14H15N3S2. The van der Waals surface area contributed by atoms with Crippen molar-refractivity contribution in [1.29, 1.82) is 0 Å². The Labute approximate surface area is 120 Å². The van der Waals surface area contributed by atoms with Gasteiger partial charge in [0.15, 0.2) is 0 Å². The highest BCUT2D eigenvalue weighted by atomic mass is 32.1. The minimum absolute atomic E-state index is 0.481. The molecule has 0 bridgehead atoms. The molecule has 0 atom stereocenters. The van der Waals surface area contributed by atoms with Crippen LogP contribution in [0.1, 0.15) is 18.9 Å². The number of nitrogens with one attached hydrogen (secondary N) is 1. The molecule has 0 radical (unpaired) electrons. The summed E-state index contributed by atoms with van der Waals surface area (Å²) in [7, 11) is 0. The number of fused-ring (bicyclic) bond motifs is 1. The van der Waals surface area contributed by atoms with Crippen LogP contribution in [0.5, 0.6) is 0 Å². The highest BCUT2D eigenvalue weighted by Crippen LogP contribution is 2.30. The topological polar surface area (TPSA) is 37.8 Å². The molecular weight excluding hydrogens is 274 g/mol. The van der Waals surface area contributed by atoms with Crippen LogP contribution in [0, 0.1) is 0 Å². The molecule has 3 nitrogen and oxygen atoms in total. The second kappa shape index (κ2) is 5.36. The second-order valence-corrected chi connectivity index (χ2v) is 6.62. The van der Waals surface area contributed by atoms with Gasteiger partial charge in [-0.25, -0.2) is 9.97 Å². The predicted octanol–water partition coefficient (Wildman–Crippen LogP) is 3.92. The highest BCUT2D eigenvalue weighted by molar-refractivity contribution is 7.21. The lowest BCUT2D eigenvalue weighted by Gasteiger charge is -2.04. The van der Waals surface area contributed by atoms with E-state index in [0.717, 1.165) is 27.8 Å². The van der Waals surface area contributed by atoms with Gasteiger partial charge in [-0.2, -0.15) is 0 Å². The van der Waals surface area contributed by atoms with E-state index in [9.17, 15) is 0 Å². The van der Waals surface area contributed by atoms with E-state index in [2.05, 4.69) is 40.6 Å². The molecule has 1 aromatic carbocycles. The quantitative estimate of drug-likeness (QED) is 0.791. The molecule has 3 aromatic rings. The molecule has 0 saturated heterocycles. The van der Waals surface area contributed by atoms with Gasteiger partial charge < -0.3 is 5.32 Å². The Hall–Kier alpha value is -1.30. The van der Waals surface area contributed by atoms with Crippen LogP contribution in [-0.4, -0.2) is 16.0 Å². The van der Waals surface area contributed by atoms with Gasteiger partial charge in [-0.3, -0.25) is 0 Å². The van der Waals surface area contributed by atoms with Crippen molar-refractivity contribution < 1.29 is 0 Å². The van der Waals surface area contributed by atoms with Gasteiger partial charge in [0.2, 0.25) is 0 Å². The molecule has 0 amide bonds. The number of hydrogen-bond acceptors (Lipinski definition) is 5. The van der Waals surface area contributed by atoms with Crippen molar-refractivity contribution in [2.45, 2.75) is 26.4 Å². The van der Waals surface area contributed by atoms with Crippen molar-refractivity contribution in [3.05, 3.63) is 34.7 Å². The number of hydrogen-bond donors (Lipinski definition) is 1. The maximum Gasteiger partial charge on any atom is 0.143 e. The van der Waals surface area contributed by atoms with E-state index in [1.54, 1.807) is 22.7 Å². The van der Waals surface area contributed by atoms with Gasteiger partial charge in [0, 0.05) is 18.0 Å². The molecule has 0 aliphatic heterocycles. The summed E-state index contributed by atoms with van der Waals surface area (Å²) in [6.07, 6.45) is 0. The van der Waals surface area contributed by atoms with E-state index < -0.39 is 0 Å². The van der Waals surface area contributed by atoms with Gasteiger partial charge in [-0.15, -0.1) is 22.7 Å². The Morgan fingerprint density at radius 1 is 1.21 bits per heavy atom. The van der Waals surface area contributed by atoms with E-state index in [1.807, 2.05) is 18.2 Å². The zero-order valence-electron chi connectivity index (χ0n) is 10.9. The fraction of sp³-hybridized carbons (Fsp3) is 0.286. The maximum atomic E-state index is 4.65. The maximum absolute atomic E-state index is 4.65. The Kier molecular flexibility index (Phi) is 3.59. The predicted molar refractivity (Wildman–Crippen MR) is 82.7 cm³/mol. The molecule has 98 valence electrons. The Bertz CT molecular complexity index is 652. The highest BCUT2D eigenvalue weighted by Gasteiger charge is 2.10. The van der Waals surface area contributed by atoms with Crippen LogP contribution in [-0.2, 0) is 6.54 Å². The molecule has 0 aliphatic rings. The minimum atomic E-state index is 0.481. The standard InChI is InChI=1S/C14H15N3S2/c1-9(2)15-7-13-16-11(8-18-13)14-17-10-5-3-4-6-12(10)19-14/h3-6,8-9,15H,7H2,1-2H3. The average Bonchev–Trinajstić information content (AvgIpc) is 3.02. The lowest BCUT2D eigenvalue weighted by atomic mass is 10.3. The van der Waals surface area contributed by atoms with Gasteiger partial charge in [0.25, 0.3) is 0 Å². The largest absolute Gasteiger partial charge is 0.308 e. The van der Waals surface area contributed by atoms with Crippen LogP contribution in [0.15, 0.2) is 29.6 Å². The first-order valence-corrected chi connectivity index (χ1v) is 7.96. The third-order valence-electron chi connectivity index (χ3n) is 2.73. The Balaban J connectivity index is 1.85. The number of thiazole rings is 2. The molecule has 0 unspecified atom stereocenters. The van der Waals surface area contributed by atoms with E-state index in [0.29, 0.717) is 6.04 Å². The lowest BCUT2D eigenvalue weighted by Crippen LogP contribution is -2.21. The Morgan fingerprint density at radius 3 is 2.84 bits per heavy atom. The van der Waals surface area contributed by atoms with Crippen LogP contribution >= 0.6 is 22.7 Å². The molecule has 0 spiro atoms. The van der Waals surface area contributed by atoms with Crippen molar-refractivity contribution >= 4 is 32.9 Å². The summed E-state index contributed by atoms with van der Waals surface area (Å²) >= 11 is 3.39. The van der Waals surface area contributed by atoms with Gasteiger partial charge in [-0.05, 0) is 12.1 Å². The van der Waals surface area contributed by atoms with Gasteiger partial charge in [-0.1, -0.05) is 26.0 Å². The molecule has 3 rings (SSSR count). The van der Waals surface area contributed by atoms with Gasteiger partial charge in [0.05, 0.1) is 10.2 Å². The summed E-state index contributed by atoms with van der Waals surface area (Å²) in [6.45, 7) is 5.11. The smallest absolute Gasteiger partial charge is 0.143 e. The summed E-state index contributed by atoms with van der Waals surface area (Å²) in [6, 6.07) is 8.69. The molecule has 0 aliphatic carbocycles. The van der Waals surface area contributed by atoms with Crippen LogP contribution in [0.25, 0.3) is 20.9 Å².